The van der Waals surface area contributed by atoms with Crippen LogP contribution in [0.15, 0.2) is 6.07 Å². The van der Waals surface area contributed by atoms with Gasteiger partial charge in [-0.1, -0.05) is 0 Å². The van der Waals surface area contributed by atoms with Gasteiger partial charge in [0.05, 0.1) is 5.00 Å². The Morgan fingerprint density at radius 1 is 1.39 bits per heavy atom. The number of amides is 1. The SMILES string of the molecule is O=C(O)c1sc(NC(=O)C(F)(F)F)cc1C1CC1. The summed E-state index contributed by atoms with van der Waals surface area (Å²) in [7, 11) is 0. The van der Waals surface area contributed by atoms with E-state index in [0.717, 1.165) is 12.8 Å². The maximum atomic E-state index is 12.0. The zero-order valence-electron chi connectivity index (χ0n) is 8.87. The number of thiophene rings is 1. The van der Waals surface area contributed by atoms with Crippen LogP contribution in [0, 0.1) is 0 Å². The first-order valence-electron chi connectivity index (χ1n) is 5.04. The third-order valence-electron chi connectivity index (χ3n) is 2.47. The van der Waals surface area contributed by atoms with E-state index in [0.29, 0.717) is 16.9 Å². The maximum Gasteiger partial charge on any atom is 0.471 e. The Hall–Kier alpha value is -1.57. The lowest BCUT2D eigenvalue weighted by atomic mass is 10.1. The second-order valence-corrected chi connectivity index (χ2v) is 4.98. The lowest BCUT2D eigenvalue weighted by molar-refractivity contribution is -0.167. The van der Waals surface area contributed by atoms with Crippen LogP contribution in [-0.2, 0) is 4.79 Å². The number of carboxylic acid groups (broad SMARTS) is 1. The Bertz CT molecular complexity index is 505. The maximum absolute atomic E-state index is 12.0. The van der Waals surface area contributed by atoms with E-state index in [1.54, 1.807) is 5.32 Å². The quantitative estimate of drug-likeness (QED) is 0.894. The van der Waals surface area contributed by atoms with Gasteiger partial charge < -0.3 is 10.4 Å². The monoisotopic (exact) mass is 279 g/mol. The molecule has 0 aliphatic heterocycles. The van der Waals surface area contributed by atoms with E-state index in [1.165, 1.54) is 6.07 Å². The minimum Gasteiger partial charge on any atom is -0.477 e. The van der Waals surface area contributed by atoms with Crippen LogP contribution >= 0.6 is 11.3 Å². The first kappa shape index (κ1) is 12.9. The molecule has 8 heteroatoms. The van der Waals surface area contributed by atoms with Crippen molar-refractivity contribution in [3.8, 4) is 0 Å². The van der Waals surface area contributed by atoms with Crippen LogP contribution < -0.4 is 5.32 Å². The molecule has 1 amide bonds. The van der Waals surface area contributed by atoms with Crippen LogP contribution in [0.25, 0.3) is 0 Å². The highest BCUT2D eigenvalue weighted by Crippen LogP contribution is 2.45. The fraction of sp³-hybridized carbons (Fsp3) is 0.400. The van der Waals surface area contributed by atoms with E-state index in [-0.39, 0.29) is 15.8 Å². The molecule has 2 N–H and O–H groups in total. The number of halogens is 3. The highest BCUT2D eigenvalue weighted by atomic mass is 32.1. The molecule has 98 valence electrons. The summed E-state index contributed by atoms with van der Waals surface area (Å²) in [6.45, 7) is 0. The van der Waals surface area contributed by atoms with E-state index >= 15 is 0 Å². The van der Waals surface area contributed by atoms with Gasteiger partial charge in [-0.15, -0.1) is 11.3 Å². The summed E-state index contributed by atoms with van der Waals surface area (Å²) in [4.78, 5) is 21.7. The number of carbonyl (C=O) groups excluding carboxylic acids is 1. The van der Waals surface area contributed by atoms with E-state index in [1.807, 2.05) is 0 Å². The number of anilines is 1. The van der Waals surface area contributed by atoms with Crippen molar-refractivity contribution in [1.82, 2.24) is 0 Å². The molecule has 18 heavy (non-hydrogen) atoms. The standard InChI is InChI=1S/C10H8F3NO3S/c11-10(12,13)9(17)14-6-3-5(4-1-2-4)7(18-6)8(15)16/h3-4H,1-2H2,(H,14,17)(H,15,16). The Balaban J connectivity index is 2.22. The number of hydrogen-bond acceptors (Lipinski definition) is 3. The van der Waals surface area contributed by atoms with Crippen molar-refractivity contribution < 1.29 is 27.9 Å². The van der Waals surface area contributed by atoms with Gasteiger partial charge in [0.15, 0.2) is 0 Å². The smallest absolute Gasteiger partial charge is 0.471 e. The fourth-order valence-electron chi connectivity index (χ4n) is 1.51. The van der Waals surface area contributed by atoms with Gasteiger partial charge in [-0.05, 0) is 30.4 Å². The number of carbonyl (C=O) groups is 2. The van der Waals surface area contributed by atoms with Crippen molar-refractivity contribution >= 4 is 28.2 Å². The lowest BCUT2D eigenvalue weighted by Crippen LogP contribution is -2.29. The summed E-state index contributed by atoms with van der Waals surface area (Å²) in [6, 6.07) is 1.31. The summed E-state index contributed by atoms with van der Waals surface area (Å²) in [5.74, 6) is -3.19. The Morgan fingerprint density at radius 2 is 2.00 bits per heavy atom. The van der Waals surface area contributed by atoms with Crippen LogP contribution in [0.2, 0.25) is 0 Å². The lowest BCUT2D eigenvalue weighted by Gasteiger charge is -2.04. The molecule has 0 bridgehead atoms. The average Bonchev–Trinajstić information content (AvgIpc) is 2.98. The molecule has 0 spiro atoms. The molecule has 1 aromatic rings. The summed E-state index contributed by atoms with van der Waals surface area (Å²) in [6.07, 6.45) is -3.33. The molecule has 0 atom stereocenters. The molecule has 2 rings (SSSR count). The number of aromatic carboxylic acids is 1. The largest absolute Gasteiger partial charge is 0.477 e. The highest BCUT2D eigenvalue weighted by molar-refractivity contribution is 7.18. The van der Waals surface area contributed by atoms with Gasteiger partial charge in [-0.25, -0.2) is 4.79 Å². The molecule has 1 saturated carbocycles. The van der Waals surface area contributed by atoms with Gasteiger partial charge in [0.25, 0.3) is 0 Å². The van der Waals surface area contributed by atoms with Crippen LogP contribution in [0.1, 0.15) is 34.0 Å². The zero-order valence-corrected chi connectivity index (χ0v) is 9.69. The molecule has 0 saturated heterocycles. The van der Waals surface area contributed by atoms with Crippen LogP contribution in [0.5, 0.6) is 0 Å². The van der Waals surface area contributed by atoms with Gasteiger partial charge in [-0.3, -0.25) is 4.79 Å². The van der Waals surface area contributed by atoms with Crippen molar-refractivity contribution in [2.24, 2.45) is 0 Å². The van der Waals surface area contributed by atoms with Crippen molar-refractivity contribution in [3.05, 3.63) is 16.5 Å². The van der Waals surface area contributed by atoms with Crippen molar-refractivity contribution in [2.75, 3.05) is 5.32 Å². The highest BCUT2D eigenvalue weighted by Gasteiger charge is 2.39. The number of hydrogen-bond donors (Lipinski definition) is 2. The number of carboxylic acids is 1. The van der Waals surface area contributed by atoms with Gasteiger partial charge in [-0.2, -0.15) is 13.2 Å². The molecule has 4 nitrogen and oxygen atoms in total. The van der Waals surface area contributed by atoms with Crippen molar-refractivity contribution in [2.45, 2.75) is 24.9 Å². The molecule has 1 aliphatic rings. The van der Waals surface area contributed by atoms with E-state index in [9.17, 15) is 22.8 Å². The van der Waals surface area contributed by atoms with Crippen molar-refractivity contribution in [3.63, 3.8) is 0 Å². The normalized spacial score (nSPS) is 15.5. The molecule has 0 aromatic carbocycles. The van der Waals surface area contributed by atoms with Crippen LogP contribution in [-0.4, -0.2) is 23.2 Å². The van der Waals surface area contributed by atoms with E-state index in [2.05, 4.69) is 0 Å². The second kappa shape index (κ2) is 4.27. The van der Waals surface area contributed by atoms with Crippen molar-refractivity contribution in [1.29, 1.82) is 0 Å². The molecule has 1 heterocycles. The zero-order chi connectivity index (χ0) is 13.5. The van der Waals surface area contributed by atoms with Gasteiger partial charge >= 0.3 is 18.1 Å². The fourth-order valence-corrected chi connectivity index (χ4v) is 2.49. The first-order valence-corrected chi connectivity index (χ1v) is 5.86. The third-order valence-corrected chi connectivity index (χ3v) is 3.52. The molecule has 0 radical (unpaired) electrons. The topological polar surface area (TPSA) is 66.4 Å². The molecule has 1 fully saturated rings. The van der Waals surface area contributed by atoms with Gasteiger partial charge in [0.2, 0.25) is 0 Å². The third kappa shape index (κ3) is 2.63. The number of rotatable bonds is 3. The molecule has 1 aromatic heterocycles. The van der Waals surface area contributed by atoms with E-state index < -0.39 is 18.1 Å². The van der Waals surface area contributed by atoms with Crippen LogP contribution in [0.3, 0.4) is 0 Å². The Kier molecular flexibility index (Phi) is 3.05. The molecule has 1 aliphatic carbocycles. The molecule has 0 unspecified atom stereocenters. The summed E-state index contributed by atoms with van der Waals surface area (Å²) in [5.41, 5.74) is 0.505. The number of nitrogens with one attached hydrogen (secondary N) is 1. The average molecular weight is 279 g/mol. The second-order valence-electron chi connectivity index (χ2n) is 3.93. The minimum atomic E-state index is -4.98. The predicted octanol–water partition coefficient (Wildman–Crippen LogP) is 2.82. The summed E-state index contributed by atoms with van der Waals surface area (Å²) < 4.78 is 36.1. The van der Waals surface area contributed by atoms with Gasteiger partial charge in [0, 0.05) is 0 Å². The predicted molar refractivity (Wildman–Crippen MR) is 57.9 cm³/mol. The molecular weight excluding hydrogens is 271 g/mol. The summed E-state index contributed by atoms with van der Waals surface area (Å²) >= 11 is 0.649. The Labute approximate surface area is 103 Å². The number of alkyl halides is 3. The summed E-state index contributed by atoms with van der Waals surface area (Å²) in [5, 5.41) is 10.5. The minimum absolute atomic E-state index is 0.00465. The molecular formula is C10H8F3NO3S. The van der Waals surface area contributed by atoms with E-state index in [4.69, 9.17) is 5.11 Å². The van der Waals surface area contributed by atoms with Gasteiger partial charge in [0.1, 0.15) is 4.88 Å². The Morgan fingerprint density at radius 3 is 2.44 bits per heavy atom. The first-order chi connectivity index (χ1) is 8.29. The van der Waals surface area contributed by atoms with Crippen LogP contribution in [0.4, 0.5) is 18.2 Å².